The van der Waals surface area contributed by atoms with E-state index in [4.69, 9.17) is 0 Å². The lowest BCUT2D eigenvalue weighted by Crippen LogP contribution is -2.51. The quantitative estimate of drug-likeness (QED) is 0.432. The van der Waals surface area contributed by atoms with Crippen molar-refractivity contribution in [3.05, 3.63) is 84.4 Å². The van der Waals surface area contributed by atoms with E-state index in [-0.39, 0.29) is 17.4 Å². The summed E-state index contributed by atoms with van der Waals surface area (Å²) in [6.45, 7) is 0.958. The standard InChI is InChI=1S/C24H20F3N5O3/c25-24(26,27)35-23(15-4-2-1-3-5-15)32-19(10-16-8-9-28-12-20(16)32)22(34)30-17-6-7-21(29-11-17)31-13-18(33)14-31/h1-12,18,23,33H,13-14H2,(H,30,34). The molecule has 5 rings (SSSR count). The van der Waals surface area contributed by atoms with E-state index in [0.29, 0.717) is 35.5 Å². The Morgan fingerprint density at radius 2 is 1.89 bits per heavy atom. The molecule has 0 saturated carbocycles. The number of fused-ring (bicyclic) bond motifs is 1. The molecular weight excluding hydrogens is 463 g/mol. The van der Waals surface area contributed by atoms with Crippen LogP contribution in [-0.4, -0.2) is 51.1 Å². The molecule has 35 heavy (non-hydrogen) atoms. The highest BCUT2D eigenvalue weighted by molar-refractivity contribution is 6.06. The van der Waals surface area contributed by atoms with Gasteiger partial charge in [-0.15, -0.1) is 13.2 Å². The predicted octanol–water partition coefficient (Wildman–Crippen LogP) is 3.95. The lowest BCUT2D eigenvalue weighted by Gasteiger charge is -2.36. The molecule has 1 atom stereocenters. The molecule has 1 unspecified atom stereocenters. The molecule has 2 N–H and O–H groups in total. The zero-order valence-corrected chi connectivity index (χ0v) is 18.2. The molecule has 1 saturated heterocycles. The molecule has 1 amide bonds. The van der Waals surface area contributed by atoms with E-state index in [0.717, 1.165) is 0 Å². The van der Waals surface area contributed by atoms with E-state index in [9.17, 15) is 23.1 Å². The van der Waals surface area contributed by atoms with Gasteiger partial charge in [0.05, 0.1) is 29.7 Å². The molecule has 0 radical (unpaired) electrons. The number of aliphatic hydroxyl groups is 1. The first kappa shape index (κ1) is 22.8. The number of nitrogens with one attached hydrogen (secondary N) is 1. The first-order chi connectivity index (χ1) is 16.8. The number of aromatic nitrogens is 3. The zero-order valence-electron chi connectivity index (χ0n) is 18.2. The Bertz CT molecular complexity index is 1340. The number of anilines is 2. The average molecular weight is 483 g/mol. The van der Waals surface area contributed by atoms with Gasteiger partial charge in [-0.25, -0.2) is 4.98 Å². The van der Waals surface area contributed by atoms with Crippen LogP contribution in [-0.2, 0) is 4.74 Å². The SMILES string of the molecule is O=C(Nc1ccc(N2CC(O)C2)nc1)c1cc2ccncc2n1C(OC(F)(F)F)c1ccccc1. The van der Waals surface area contributed by atoms with E-state index in [1.807, 2.05) is 4.90 Å². The summed E-state index contributed by atoms with van der Waals surface area (Å²) in [5.41, 5.74) is 0.840. The van der Waals surface area contributed by atoms with Crippen molar-refractivity contribution in [2.75, 3.05) is 23.3 Å². The van der Waals surface area contributed by atoms with Crippen molar-refractivity contribution in [2.24, 2.45) is 0 Å². The number of benzene rings is 1. The largest absolute Gasteiger partial charge is 0.524 e. The van der Waals surface area contributed by atoms with Gasteiger partial charge in [-0.3, -0.25) is 14.5 Å². The van der Waals surface area contributed by atoms with Crippen molar-refractivity contribution in [3.8, 4) is 0 Å². The Morgan fingerprint density at radius 1 is 1.11 bits per heavy atom. The van der Waals surface area contributed by atoms with Crippen LogP contribution in [0, 0.1) is 0 Å². The fourth-order valence-electron chi connectivity index (χ4n) is 3.99. The summed E-state index contributed by atoms with van der Waals surface area (Å²) < 4.78 is 46.0. The van der Waals surface area contributed by atoms with Crippen molar-refractivity contribution in [1.82, 2.24) is 14.5 Å². The normalized spacial score (nSPS) is 15.1. The Morgan fingerprint density at radius 3 is 2.54 bits per heavy atom. The molecular formula is C24H20F3N5O3. The number of rotatable bonds is 6. The topological polar surface area (TPSA) is 92.5 Å². The van der Waals surface area contributed by atoms with Gasteiger partial charge in [-0.05, 0) is 24.3 Å². The number of aliphatic hydroxyl groups excluding tert-OH is 1. The minimum Gasteiger partial charge on any atom is -0.389 e. The second-order valence-electron chi connectivity index (χ2n) is 8.08. The Balaban J connectivity index is 1.51. The second kappa shape index (κ2) is 9.01. The molecule has 1 aliphatic heterocycles. The van der Waals surface area contributed by atoms with Crippen molar-refractivity contribution < 1.29 is 27.8 Å². The first-order valence-corrected chi connectivity index (χ1v) is 10.7. The number of alkyl halides is 3. The van der Waals surface area contributed by atoms with Gasteiger partial charge in [0.1, 0.15) is 11.5 Å². The minimum absolute atomic E-state index is 0.0407. The lowest BCUT2D eigenvalue weighted by atomic mass is 10.2. The van der Waals surface area contributed by atoms with Gasteiger partial charge in [0.15, 0.2) is 6.23 Å². The van der Waals surface area contributed by atoms with Crippen molar-refractivity contribution >= 4 is 28.3 Å². The molecule has 11 heteroatoms. The van der Waals surface area contributed by atoms with Crippen molar-refractivity contribution in [1.29, 1.82) is 0 Å². The fraction of sp³-hybridized carbons (Fsp3) is 0.208. The highest BCUT2D eigenvalue weighted by Gasteiger charge is 2.37. The van der Waals surface area contributed by atoms with Crippen molar-refractivity contribution in [3.63, 3.8) is 0 Å². The van der Waals surface area contributed by atoms with Crippen LogP contribution in [0.5, 0.6) is 0 Å². The monoisotopic (exact) mass is 483 g/mol. The number of carbonyl (C=O) groups is 1. The van der Waals surface area contributed by atoms with Gasteiger partial charge >= 0.3 is 6.36 Å². The number of pyridine rings is 2. The molecule has 0 spiro atoms. The third-order valence-electron chi connectivity index (χ3n) is 5.63. The Labute approximate surface area is 197 Å². The molecule has 180 valence electrons. The number of hydrogen-bond acceptors (Lipinski definition) is 6. The molecule has 4 aromatic rings. The number of hydrogen-bond donors (Lipinski definition) is 2. The number of ether oxygens (including phenoxy) is 1. The van der Waals surface area contributed by atoms with Gasteiger partial charge in [0.2, 0.25) is 0 Å². The fourth-order valence-corrected chi connectivity index (χ4v) is 3.99. The Hall–Kier alpha value is -3.96. The van der Waals surface area contributed by atoms with E-state index >= 15 is 0 Å². The summed E-state index contributed by atoms with van der Waals surface area (Å²) in [5, 5.41) is 12.7. The molecule has 1 fully saturated rings. The second-order valence-corrected chi connectivity index (χ2v) is 8.08. The van der Waals surface area contributed by atoms with Crippen LogP contribution in [0.2, 0.25) is 0 Å². The van der Waals surface area contributed by atoms with Crippen LogP contribution in [0.15, 0.2) is 73.2 Å². The third-order valence-corrected chi connectivity index (χ3v) is 5.63. The highest BCUT2D eigenvalue weighted by atomic mass is 19.4. The van der Waals surface area contributed by atoms with Crippen molar-refractivity contribution in [2.45, 2.75) is 18.7 Å². The maximum Gasteiger partial charge on any atom is 0.524 e. The van der Waals surface area contributed by atoms with Crippen LogP contribution in [0.1, 0.15) is 22.3 Å². The minimum atomic E-state index is -4.96. The van der Waals surface area contributed by atoms with Gasteiger partial charge < -0.3 is 19.9 Å². The summed E-state index contributed by atoms with van der Waals surface area (Å²) in [5.74, 6) is 0.0121. The molecule has 4 heterocycles. The average Bonchev–Trinajstić information content (AvgIpc) is 3.21. The number of β-amino-alcohol motifs (C(OH)–C–C–N with tert-alkyl or cyclic N) is 1. The highest BCUT2D eigenvalue weighted by Crippen LogP contribution is 2.34. The van der Waals surface area contributed by atoms with Gasteiger partial charge in [0, 0.05) is 30.2 Å². The van der Waals surface area contributed by atoms with E-state index in [1.54, 1.807) is 36.4 Å². The van der Waals surface area contributed by atoms with E-state index in [2.05, 4.69) is 20.0 Å². The molecule has 3 aromatic heterocycles. The van der Waals surface area contributed by atoms with Crippen LogP contribution in [0.25, 0.3) is 10.9 Å². The molecule has 8 nitrogen and oxygen atoms in total. The maximum atomic E-state index is 13.4. The van der Waals surface area contributed by atoms with Gasteiger partial charge in [-0.1, -0.05) is 30.3 Å². The molecule has 1 aliphatic rings. The summed E-state index contributed by atoms with van der Waals surface area (Å²) in [7, 11) is 0. The maximum absolute atomic E-state index is 13.4. The summed E-state index contributed by atoms with van der Waals surface area (Å²) in [6, 6.07) is 14.3. The van der Waals surface area contributed by atoms with E-state index < -0.39 is 18.5 Å². The number of carbonyl (C=O) groups excluding carboxylic acids is 1. The first-order valence-electron chi connectivity index (χ1n) is 10.7. The number of nitrogens with zero attached hydrogens (tertiary/aromatic N) is 4. The smallest absolute Gasteiger partial charge is 0.389 e. The predicted molar refractivity (Wildman–Crippen MR) is 122 cm³/mol. The summed E-state index contributed by atoms with van der Waals surface area (Å²) >= 11 is 0. The van der Waals surface area contributed by atoms with Gasteiger partial charge in [-0.2, -0.15) is 0 Å². The molecule has 0 aliphatic carbocycles. The van der Waals surface area contributed by atoms with Gasteiger partial charge in [0.25, 0.3) is 5.91 Å². The third kappa shape index (κ3) is 4.81. The molecule has 0 bridgehead atoms. The van der Waals surface area contributed by atoms with Crippen LogP contribution in [0.4, 0.5) is 24.7 Å². The molecule has 1 aromatic carbocycles. The summed E-state index contributed by atoms with van der Waals surface area (Å²) in [4.78, 5) is 23.5. The Kier molecular flexibility index (Phi) is 5.87. The zero-order chi connectivity index (χ0) is 24.6. The number of halogens is 3. The van der Waals surface area contributed by atoms with Crippen LogP contribution < -0.4 is 10.2 Å². The van der Waals surface area contributed by atoms with Crippen LogP contribution >= 0.6 is 0 Å². The number of amides is 1. The summed E-state index contributed by atoms with van der Waals surface area (Å²) in [6.07, 6.45) is -2.67. The van der Waals surface area contributed by atoms with Crippen LogP contribution in [0.3, 0.4) is 0 Å². The van der Waals surface area contributed by atoms with E-state index in [1.165, 1.54) is 41.4 Å². The lowest BCUT2D eigenvalue weighted by molar-refractivity contribution is -0.348.